The Kier molecular flexibility index (Phi) is 5.45. The zero-order chi connectivity index (χ0) is 22.2. The van der Waals surface area contributed by atoms with Crippen molar-refractivity contribution in [3.8, 4) is 5.75 Å². The van der Waals surface area contributed by atoms with Crippen LogP contribution in [0.25, 0.3) is 0 Å². The number of ether oxygens (including phenoxy) is 1. The van der Waals surface area contributed by atoms with E-state index in [4.69, 9.17) is 4.74 Å². The van der Waals surface area contributed by atoms with Crippen molar-refractivity contribution < 1.29 is 17.9 Å². The summed E-state index contributed by atoms with van der Waals surface area (Å²) in [6, 6.07) is 19.0. The van der Waals surface area contributed by atoms with Crippen LogP contribution < -0.4 is 13.9 Å². The molecule has 0 bridgehead atoms. The molecule has 31 heavy (non-hydrogen) atoms. The molecule has 0 saturated heterocycles. The van der Waals surface area contributed by atoms with Gasteiger partial charge in [0.2, 0.25) is 0 Å². The number of aryl methyl sites for hydroxylation is 1. The molecule has 0 radical (unpaired) electrons. The van der Waals surface area contributed by atoms with E-state index in [-0.39, 0.29) is 10.8 Å². The molecule has 3 aromatic rings. The number of benzene rings is 3. The molecule has 1 amide bonds. The number of para-hydroxylation sites is 3. The molecular weight excluding hydrogens is 412 g/mol. The smallest absolute Gasteiger partial charge is 0.264 e. The van der Waals surface area contributed by atoms with Gasteiger partial charge in [0, 0.05) is 19.2 Å². The summed E-state index contributed by atoms with van der Waals surface area (Å²) in [6.07, 6.45) is 0.818. The van der Waals surface area contributed by atoms with Crippen molar-refractivity contribution in [2.75, 3.05) is 29.9 Å². The third-order valence-electron chi connectivity index (χ3n) is 5.63. The number of fused-ring (bicyclic) bond motifs is 1. The van der Waals surface area contributed by atoms with Crippen LogP contribution in [-0.4, -0.2) is 35.0 Å². The molecule has 1 heterocycles. The maximum absolute atomic E-state index is 13.1. The van der Waals surface area contributed by atoms with E-state index in [9.17, 15) is 13.2 Å². The van der Waals surface area contributed by atoms with Gasteiger partial charge in [0.1, 0.15) is 5.75 Å². The van der Waals surface area contributed by atoms with Crippen molar-refractivity contribution in [1.29, 1.82) is 0 Å². The summed E-state index contributed by atoms with van der Waals surface area (Å²) in [5, 5.41) is 0. The molecule has 0 aromatic heterocycles. The lowest BCUT2D eigenvalue weighted by Crippen LogP contribution is -2.30. The summed E-state index contributed by atoms with van der Waals surface area (Å²) in [7, 11) is -0.833. The molecule has 0 unspecified atom stereocenters. The predicted octanol–water partition coefficient (Wildman–Crippen LogP) is 4.03. The Balaban J connectivity index is 1.61. The molecule has 4 rings (SSSR count). The fourth-order valence-electron chi connectivity index (χ4n) is 3.96. The Labute approximate surface area is 182 Å². The van der Waals surface area contributed by atoms with Crippen LogP contribution in [-0.2, 0) is 16.4 Å². The van der Waals surface area contributed by atoms with Crippen LogP contribution in [0.2, 0.25) is 0 Å². The van der Waals surface area contributed by atoms with Gasteiger partial charge < -0.3 is 9.64 Å². The topological polar surface area (TPSA) is 66.9 Å². The first-order chi connectivity index (χ1) is 14.8. The molecule has 0 aliphatic carbocycles. The van der Waals surface area contributed by atoms with Crippen LogP contribution in [0.5, 0.6) is 5.75 Å². The Morgan fingerprint density at radius 3 is 2.42 bits per heavy atom. The maximum atomic E-state index is 13.1. The molecule has 0 atom stereocenters. The zero-order valence-corrected chi connectivity index (χ0v) is 18.5. The van der Waals surface area contributed by atoms with Gasteiger partial charge in [-0.2, -0.15) is 0 Å². The van der Waals surface area contributed by atoms with Gasteiger partial charge in [-0.05, 0) is 60.9 Å². The average Bonchev–Trinajstić information content (AvgIpc) is 3.23. The van der Waals surface area contributed by atoms with Crippen LogP contribution in [0.3, 0.4) is 0 Å². The van der Waals surface area contributed by atoms with Crippen LogP contribution in [0.1, 0.15) is 21.5 Å². The number of sulfonamides is 1. The number of amides is 1. The third kappa shape index (κ3) is 3.65. The molecule has 1 aliphatic heterocycles. The molecule has 3 aromatic carbocycles. The second kappa shape index (κ2) is 8.07. The lowest BCUT2D eigenvalue weighted by molar-refractivity contribution is 0.0989. The van der Waals surface area contributed by atoms with Crippen LogP contribution >= 0.6 is 0 Å². The molecule has 7 heteroatoms. The molecule has 0 spiro atoms. The molecule has 0 saturated carbocycles. The van der Waals surface area contributed by atoms with Gasteiger partial charge in [-0.25, -0.2) is 8.42 Å². The van der Waals surface area contributed by atoms with Crippen molar-refractivity contribution >= 4 is 27.3 Å². The van der Waals surface area contributed by atoms with E-state index in [1.165, 1.54) is 30.6 Å². The van der Waals surface area contributed by atoms with E-state index in [1.807, 2.05) is 25.1 Å². The van der Waals surface area contributed by atoms with Crippen molar-refractivity contribution in [3.05, 3.63) is 83.4 Å². The highest BCUT2D eigenvalue weighted by Crippen LogP contribution is 2.33. The number of hydrogen-bond donors (Lipinski definition) is 0. The lowest BCUT2D eigenvalue weighted by Gasteiger charge is -2.22. The first-order valence-electron chi connectivity index (χ1n) is 9.97. The minimum Gasteiger partial charge on any atom is -0.495 e. The first kappa shape index (κ1) is 20.9. The van der Waals surface area contributed by atoms with Gasteiger partial charge in [-0.1, -0.05) is 30.3 Å². The minimum atomic E-state index is -3.81. The SMILES string of the molecule is COc1ccccc1N(C)S(=O)(=O)c1ccc(C(=O)N2CCc3cccc(C)c32)cc1. The number of hydrogen-bond acceptors (Lipinski definition) is 4. The van der Waals surface area contributed by atoms with E-state index in [0.29, 0.717) is 23.5 Å². The second-order valence-corrected chi connectivity index (χ2v) is 9.43. The van der Waals surface area contributed by atoms with Gasteiger partial charge in [0.15, 0.2) is 0 Å². The summed E-state index contributed by atoms with van der Waals surface area (Å²) < 4.78 is 32.7. The molecule has 1 aliphatic rings. The molecule has 6 nitrogen and oxygen atoms in total. The van der Waals surface area contributed by atoms with Crippen molar-refractivity contribution in [3.63, 3.8) is 0 Å². The number of nitrogens with zero attached hydrogens (tertiary/aromatic N) is 2. The molecule has 0 N–H and O–H groups in total. The van der Waals surface area contributed by atoms with E-state index >= 15 is 0 Å². The summed E-state index contributed by atoms with van der Waals surface area (Å²) in [6.45, 7) is 2.61. The van der Waals surface area contributed by atoms with Gasteiger partial charge >= 0.3 is 0 Å². The van der Waals surface area contributed by atoms with E-state index in [0.717, 1.165) is 23.2 Å². The van der Waals surface area contributed by atoms with E-state index in [2.05, 4.69) is 0 Å². The number of methoxy groups -OCH3 is 1. The van der Waals surface area contributed by atoms with Gasteiger partial charge in [-0.3, -0.25) is 9.10 Å². The van der Waals surface area contributed by atoms with Crippen LogP contribution in [0, 0.1) is 6.92 Å². The zero-order valence-electron chi connectivity index (χ0n) is 17.7. The number of carbonyl (C=O) groups is 1. The Hall–Kier alpha value is -3.32. The highest BCUT2D eigenvalue weighted by Gasteiger charge is 2.28. The number of rotatable bonds is 5. The summed E-state index contributed by atoms with van der Waals surface area (Å²) >= 11 is 0. The van der Waals surface area contributed by atoms with E-state index < -0.39 is 10.0 Å². The Bertz CT molecular complexity index is 1240. The first-order valence-corrected chi connectivity index (χ1v) is 11.4. The van der Waals surface area contributed by atoms with Gasteiger partial charge in [0.25, 0.3) is 15.9 Å². The molecule has 0 fully saturated rings. The van der Waals surface area contributed by atoms with Crippen molar-refractivity contribution in [1.82, 2.24) is 0 Å². The fraction of sp³-hybridized carbons (Fsp3) is 0.208. The summed E-state index contributed by atoms with van der Waals surface area (Å²) in [4.78, 5) is 15.0. The second-order valence-electron chi connectivity index (χ2n) is 7.46. The highest BCUT2D eigenvalue weighted by atomic mass is 32.2. The van der Waals surface area contributed by atoms with Crippen molar-refractivity contribution in [2.24, 2.45) is 0 Å². The average molecular weight is 437 g/mol. The van der Waals surface area contributed by atoms with E-state index in [1.54, 1.807) is 41.3 Å². The minimum absolute atomic E-state index is 0.107. The summed E-state index contributed by atoms with van der Waals surface area (Å²) in [5.41, 5.74) is 4.07. The molecular formula is C24H24N2O4S. The lowest BCUT2D eigenvalue weighted by atomic mass is 10.1. The normalized spacial score (nSPS) is 13.1. The highest BCUT2D eigenvalue weighted by molar-refractivity contribution is 7.92. The van der Waals surface area contributed by atoms with Gasteiger partial charge in [0.05, 0.1) is 23.4 Å². The van der Waals surface area contributed by atoms with Crippen LogP contribution in [0.4, 0.5) is 11.4 Å². The monoisotopic (exact) mass is 436 g/mol. The number of carbonyl (C=O) groups excluding carboxylic acids is 1. The summed E-state index contributed by atoms with van der Waals surface area (Å²) in [5.74, 6) is 0.332. The van der Waals surface area contributed by atoms with Crippen molar-refractivity contribution in [2.45, 2.75) is 18.2 Å². The number of anilines is 2. The largest absolute Gasteiger partial charge is 0.495 e. The van der Waals surface area contributed by atoms with Crippen LogP contribution in [0.15, 0.2) is 71.6 Å². The van der Waals surface area contributed by atoms with Gasteiger partial charge in [-0.15, -0.1) is 0 Å². The maximum Gasteiger partial charge on any atom is 0.264 e. The predicted molar refractivity (Wildman–Crippen MR) is 122 cm³/mol. The third-order valence-corrected chi connectivity index (χ3v) is 7.41. The standard InChI is InChI=1S/C24H24N2O4S/c1-17-7-6-8-18-15-16-26(23(17)18)24(27)19-11-13-20(14-12-19)31(28,29)25(2)21-9-4-5-10-22(21)30-3/h4-14H,15-16H2,1-3H3. The Morgan fingerprint density at radius 1 is 1.00 bits per heavy atom. The Morgan fingerprint density at radius 2 is 1.71 bits per heavy atom. The fourth-order valence-corrected chi connectivity index (χ4v) is 5.16. The molecule has 160 valence electrons. The quantitative estimate of drug-likeness (QED) is 0.606.